The molecule has 0 saturated heterocycles. The Kier molecular flexibility index (Phi) is 4.77. The van der Waals surface area contributed by atoms with Gasteiger partial charge in [0.2, 0.25) is 15.9 Å². The van der Waals surface area contributed by atoms with Gasteiger partial charge in [0, 0.05) is 0 Å². The number of fused-ring (bicyclic) bond motifs is 1. The Labute approximate surface area is 117 Å². The molecule has 1 aliphatic heterocycles. The molecule has 0 bridgehead atoms. The van der Waals surface area contributed by atoms with E-state index in [4.69, 9.17) is 0 Å². The van der Waals surface area contributed by atoms with Crippen LogP contribution in [-0.4, -0.2) is 35.1 Å². The van der Waals surface area contributed by atoms with Crippen LogP contribution in [0.4, 0.5) is 5.69 Å². The third-order valence-corrected chi connectivity index (χ3v) is 4.20. The highest BCUT2D eigenvalue weighted by Gasteiger charge is 2.38. The summed E-state index contributed by atoms with van der Waals surface area (Å²) in [7, 11) is -7.39. The molecule has 0 atom stereocenters. The van der Waals surface area contributed by atoms with Crippen LogP contribution in [0.25, 0.3) is 0 Å². The van der Waals surface area contributed by atoms with Gasteiger partial charge in [-0.25, -0.2) is 22.8 Å². The molecule has 0 aliphatic carbocycles. The first-order valence-corrected chi connectivity index (χ1v) is 7.57. The first-order chi connectivity index (χ1) is 9.78. The minimum atomic E-state index is -4.28. The molecule has 12 heteroatoms. The van der Waals surface area contributed by atoms with E-state index in [2.05, 4.69) is 13.8 Å². The first kappa shape index (κ1) is 16.3. The molecule has 21 heavy (non-hydrogen) atoms. The van der Waals surface area contributed by atoms with Crippen molar-refractivity contribution in [3.8, 4) is 0 Å². The van der Waals surface area contributed by atoms with E-state index < -0.39 is 20.0 Å². The molecule has 10 nitrogen and oxygen atoms in total. The van der Waals surface area contributed by atoms with Crippen LogP contribution >= 0.6 is 0 Å². The van der Waals surface area contributed by atoms with Gasteiger partial charge in [0.1, 0.15) is 0 Å². The summed E-state index contributed by atoms with van der Waals surface area (Å²) in [6, 6.07) is 4.25. The van der Waals surface area contributed by atoms with Gasteiger partial charge in [0.05, 0.1) is 15.5 Å². The summed E-state index contributed by atoms with van der Waals surface area (Å²) in [4.78, 5) is 32.2. The highest BCUT2D eigenvalue weighted by molar-refractivity contribution is 7.97. The molecule has 0 saturated carbocycles. The van der Waals surface area contributed by atoms with E-state index in [1.54, 1.807) is 0 Å². The van der Waals surface area contributed by atoms with E-state index in [0.29, 0.717) is 22.7 Å². The Balaban J connectivity index is 0.000000222. The average Bonchev–Trinajstić information content (AvgIpc) is 2.92. The van der Waals surface area contributed by atoms with Crippen molar-refractivity contribution in [3.63, 3.8) is 0 Å². The molecule has 0 N–H and O–H groups in total. The van der Waals surface area contributed by atoms with Gasteiger partial charge < -0.3 is 0 Å². The number of aliphatic imine (C=N–C) groups is 1. The zero-order valence-electron chi connectivity index (χ0n) is 9.75. The Morgan fingerprint density at radius 3 is 1.90 bits per heavy atom. The molecule has 0 unspecified atom stereocenters. The highest BCUT2D eigenvalue weighted by Crippen LogP contribution is 2.41. The Hall–Kier alpha value is -2.74. The van der Waals surface area contributed by atoms with E-state index >= 15 is 0 Å². The fraction of sp³-hybridized carbons (Fsp3) is 0. The van der Waals surface area contributed by atoms with Crippen LogP contribution in [0.1, 0.15) is 0 Å². The molecule has 1 aromatic carbocycles. The van der Waals surface area contributed by atoms with E-state index in [-0.39, 0.29) is 4.90 Å². The van der Waals surface area contributed by atoms with E-state index in [1.807, 2.05) is 0 Å². The number of benzene rings is 1. The molecule has 1 aliphatic rings. The molecule has 0 amide bonds. The van der Waals surface area contributed by atoms with Crippen LogP contribution in [-0.2, 0) is 34.4 Å². The van der Waals surface area contributed by atoms with Crippen molar-refractivity contribution in [1.82, 2.24) is 0 Å². The van der Waals surface area contributed by atoms with Crippen LogP contribution in [0.2, 0.25) is 0 Å². The predicted molar refractivity (Wildman–Crippen MR) is 64.8 cm³/mol. The Bertz CT molecular complexity index is 906. The SMILES string of the molecule is O=C=NS(=O)(=O)N=C=O.O=C=Nc1ccc2c(c1)S2(=O)=O. The van der Waals surface area contributed by atoms with Gasteiger partial charge in [0.15, 0.2) is 0 Å². The fourth-order valence-corrected chi connectivity index (χ4v) is 2.65. The first-order valence-electron chi connectivity index (χ1n) is 4.68. The zero-order chi connectivity index (χ0) is 16.1. The summed E-state index contributed by atoms with van der Waals surface area (Å²) in [6.07, 6.45) is 2.76. The lowest BCUT2D eigenvalue weighted by molar-refractivity contribution is 0.561. The lowest BCUT2D eigenvalue weighted by atomic mass is 10.3. The standard InChI is InChI=1S/C7H3NO3S.C2N2O4S/c9-4-8-5-1-2-6-7(3-5)12(6,10)11;5-1-3-9(7,8)4-2-6/h1-3H;. The Morgan fingerprint density at radius 1 is 0.905 bits per heavy atom. The van der Waals surface area contributed by atoms with Gasteiger partial charge in [0.25, 0.3) is 12.2 Å². The molecular formula is C9H3N3O7S2. The molecule has 1 heterocycles. The molecule has 1 aromatic rings. The van der Waals surface area contributed by atoms with E-state index in [1.165, 1.54) is 24.3 Å². The third-order valence-electron chi connectivity index (χ3n) is 1.94. The van der Waals surface area contributed by atoms with Crippen molar-refractivity contribution in [2.24, 2.45) is 13.8 Å². The van der Waals surface area contributed by atoms with Crippen LogP contribution in [0, 0.1) is 0 Å². The van der Waals surface area contributed by atoms with Crippen molar-refractivity contribution in [1.29, 1.82) is 0 Å². The largest absolute Gasteiger partial charge is 0.383 e. The van der Waals surface area contributed by atoms with Crippen molar-refractivity contribution in [2.75, 3.05) is 0 Å². The van der Waals surface area contributed by atoms with Crippen LogP contribution in [0.15, 0.2) is 41.8 Å². The second-order valence-corrected chi connectivity index (χ2v) is 6.30. The summed E-state index contributed by atoms with van der Waals surface area (Å²) in [6.45, 7) is 0. The second kappa shape index (κ2) is 6.14. The van der Waals surface area contributed by atoms with Crippen molar-refractivity contribution >= 4 is 44.0 Å². The monoisotopic (exact) mass is 329 g/mol. The van der Waals surface area contributed by atoms with Crippen LogP contribution in [0.3, 0.4) is 0 Å². The quantitative estimate of drug-likeness (QED) is 0.425. The molecule has 2 rings (SSSR count). The maximum atomic E-state index is 10.9. The molecular weight excluding hydrogens is 326 g/mol. The maximum absolute atomic E-state index is 10.9. The predicted octanol–water partition coefficient (Wildman–Crippen LogP) is -0.297. The maximum Gasteiger partial charge on any atom is 0.383 e. The number of hydrogen-bond donors (Lipinski definition) is 0. The van der Waals surface area contributed by atoms with E-state index in [9.17, 15) is 31.2 Å². The molecule has 0 fully saturated rings. The number of nitrogens with zero attached hydrogens (tertiary/aromatic N) is 3. The van der Waals surface area contributed by atoms with Gasteiger partial charge in [-0.05, 0) is 18.2 Å². The number of hydrogen-bond acceptors (Lipinski definition) is 8. The summed E-state index contributed by atoms with van der Waals surface area (Å²) < 4.78 is 46.2. The van der Waals surface area contributed by atoms with Gasteiger partial charge in [-0.15, -0.1) is 0 Å². The zero-order valence-corrected chi connectivity index (χ0v) is 11.4. The number of sulfone groups is 1. The van der Waals surface area contributed by atoms with Crippen molar-refractivity contribution < 1.29 is 31.2 Å². The fourth-order valence-electron chi connectivity index (χ4n) is 1.12. The summed E-state index contributed by atoms with van der Waals surface area (Å²) in [5, 5.41) is 0. The van der Waals surface area contributed by atoms with Gasteiger partial charge in [-0.3, -0.25) is 0 Å². The van der Waals surface area contributed by atoms with Crippen LogP contribution in [0.5, 0.6) is 0 Å². The summed E-state index contributed by atoms with van der Waals surface area (Å²) in [5.74, 6) is 0. The van der Waals surface area contributed by atoms with Crippen molar-refractivity contribution in [3.05, 3.63) is 18.2 Å². The Morgan fingerprint density at radius 2 is 1.48 bits per heavy atom. The van der Waals surface area contributed by atoms with Crippen molar-refractivity contribution in [2.45, 2.75) is 9.79 Å². The number of rotatable bonds is 3. The summed E-state index contributed by atoms with van der Waals surface area (Å²) in [5.41, 5.74) is 0.324. The highest BCUT2D eigenvalue weighted by atomic mass is 32.2. The van der Waals surface area contributed by atoms with Crippen LogP contribution < -0.4 is 0 Å². The lowest BCUT2D eigenvalue weighted by Gasteiger charge is -1.80. The normalized spacial score (nSPS) is 13.0. The molecule has 0 aromatic heterocycles. The molecule has 0 radical (unpaired) electrons. The van der Waals surface area contributed by atoms with Gasteiger partial charge >= 0.3 is 10.2 Å². The second-order valence-electron chi connectivity index (χ2n) is 3.15. The van der Waals surface area contributed by atoms with E-state index in [0.717, 1.165) is 0 Å². The minimum Gasteiger partial charge on any atom is -0.218 e. The topological polar surface area (TPSA) is 157 Å². The molecule has 108 valence electrons. The minimum absolute atomic E-state index is 0.263. The summed E-state index contributed by atoms with van der Waals surface area (Å²) >= 11 is 0. The number of isocyanates is 3. The van der Waals surface area contributed by atoms with Gasteiger partial charge in [-0.1, -0.05) is 8.80 Å². The average molecular weight is 329 g/mol. The number of carbonyl (C=O) groups excluding carboxylic acids is 3. The molecule has 0 spiro atoms. The lowest BCUT2D eigenvalue weighted by Crippen LogP contribution is -1.86. The smallest absolute Gasteiger partial charge is 0.218 e. The third kappa shape index (κ3) is 4.11. The van der Waals surface area contributed by atoms with Gasteiger partial charge in [-0.2, -0.15) is 13.4 Å².